The second-order valence-corrected chi connectivity index (χ2v) is 21.0. The van der Waals surface area contributed by atoms with Gasteiger partial charge >= 0.3 is 0 Å². The summed E-state index contributed by atoms with van der Waals surface area (Å²) >= 11 is 0. The van der Waals surface area contributed by atoms with Gasteiger partial charge in [0.15, 0.2) is 11.6 Å². The van der Waals surface area contributed by atoms with Crippen LogP contribution in [-0.4, -0.2) is 19.5 Å². The summed E-state index contributed by atoms with van der Waals surface area (Å²) < 4.78 is 15.5. The maximum Gasteiger partial charge on any atom is 0.163 e. The van der Waals surface area contributed by atoms with Gasteiger partial charge in [-0.15, -0.1) is 13.2 Å². The lowest BCUT2D eigenvalue weighted by Gasteiger charge is -2.25. The quantitative estimate of drug-likeness (QED) is 0.114. The van der Waals surface area contributed by atoms with Gasteiger partial charge in [0.25, 0.3) is 0 Å². The Kier molecular flexibility index (Phi) is 11.7. The summed E-state index contributed by atoms with van der Waals surface area (Å²) in [6, 6.07) is 81.9. The zero-order valence-electron chi connectivity index (χ0n) is 44.3. The maximum absolute atomic E-state index is 6.54. The fraction of sp³-hybridized carbons (Fsp3) is 0.0533. The number of hydrogen-bond acceptors (Lipinski definition) is 5. The Morgan fingerprint density at radius 1 is 0.469 bits per heavy atom. The van der Waals surface area contributed by atoms with Crippen molar-refractivity contribution < 1.29 is 8.83 Å². The number of aromatic nitrogens is 4. The third kappa shape index (κ3) is 8.30. The van der Waals surface area contributed by atoms with Crippen molar-refractivity contribution in [1.29, 1.82) is 0 Å². The van der Waals surface area contributed by atoms with Gasteiger partial charge in [0, 0.05) is 73.0 Å². The van der Waals surface area contributed by atoms with Crippen LogP contribution in [0.1, 0.15) is 41.0 Å². The summed E-state index contributed by atoms with van der Waals surface area (Å²) in [7, 11) is 0. The maximum atomic E-state index is 6.54. The van der Waals surface area contributed by atoms with Crippen LogP contribution in [0.4, 0.5) is 0 Å². The Hall–Kier alpha value is -10.4. The predicted molar refractivity (Wildman–Crippen MR) is 334 cm³/mol. The van der Waals surface area contributed by atoms with Crippen LogP contribution in [0.25, 0.3) is 134 Å². The van der Waals surface area contributed by atoms with E-state index in [9.17, 15) is 0 Å². The number of rotatable bonds is 12. The normalized spacial score (nSPS) is 13.6. The van der Waals surface area contributed by atoms with Crippen LogP contribution in [0.5, 0.6) is 0 Å². The first-order chi connectivity index (χ1) is 40.0. The number of para-hydroxylation sites is 2. The molecular formula is C75H52N4O2. The van der Waals surface area contributed by atoms with Crippen LogP contribution in [0.2, 0.25) is 0 Å². The van der Waals surface area contributed by atoms with Gasteiger partial charge in [-0.2, -0.15) is 0 Å². The summed E-state index contributed by atoms with van der Waals surface area (Å²) in [5.41, 5.74) is 18.5. The van der Waals surface area contributed by atoms with Crippen molar-refractivity contribution >= 4 is 60.8 Å². The van der Waals surface area contributed by atoms with Gasteiger partial charge in [0.05, 0.1) is 16.7 Å². The molecule has 0 fully saturated rings. The average molecular weight is 1040 g/mol. The van der Waals surface area contributed by atoms with Crippen LogP contribution in [0, 0.1) is 0 Å². The molecule has 4 aromatic heterocycles. The molecule has 14 aromatic rings. The lowest BCUT2D eigenvalue weighted by Crippen LogP contribution is -2.12. The van der Waals surface area contributed by atoms with Crippen molar-refractivity contribution in [3.05, 3.63) is 285 Å². The summed E-state index contributed by atoms with van der Waals surface area (Å²) in [6.07, 6.45) is 9.70. The molecule has 1 aliphatic carbocycles. The van der Waals surface area contributed by atoms with E-state index < -0.39 is 0 Å². The van der Waals surface area contributed by atoms with Crippen molar-refractivity contribution in [2.75, 3.05) is 0 Å². The molecule has 0 aliphatic heterocycles. The van der Waals surface area contributed by atoms with E-state index in [-0.39, 0.29) is 11.8 Å². The van der Waals surface area contributed by atoms with E-state index in [0.29, 0.717) is 30.3 Å². The highest BCUT2D eigenvalue weighted by Gasteiger charge is 2.29. The summed E-state index contributed by atoms with van der Waals surface area (Å²) in [5, 5.41) is 5.50. The molecule has 10 aromatic carbocycles. The van der Waals surface area contributed by atoms with Crippen molar-refractivity contribution in [1.82, 2.24) is 19.5 Å². The predicted octanol–water partition coefficient (Wildman–Crippen LogP) is 19.8. The molecule has 0 saturated carbocycles. The molecule has 0 N–H and O–H groups in total. The van der Waals surface area contributed by atoms with Crippen molar-refractivity contribution in [3.63, 3.8) is 0 Å². The minimum Gasteiger partial charge on any atom is -0.460 e. The van der Waals surface area contributed by atoms with Gasteiger partial charge < -0.3 is 13.4 Å². The minimum atomic E-state index is -0.196. The molecule has 6 nitrogen and oxygen atoms in total. The fourth-order valence-corrected chi connectivity index (χ4v) is 12.3. The molecule has 0 saturated heterocycles. The number of nitrogens with zero attached hydrogens (tertiary/aromatic N) is 4. The van der Waals surface area contributed by atoms with Crippen LogP contribution >= 0.6 is 0 Å². The molecule has 1 aliphatic rings. The Labute approximate surface area is 469 Å². The highest BCUT2D eigenvalue weighted by Crippen LogP contribution is 2.48. The monoisotopic (exact) mass is 1040 g/mol. The third-order valence-corrected chi connectivity index (χ3v) is 16.2. The molecule has 6 heteroatoms. The highest BCUT2D eigenvalue weighted by atomic mass is 16.3. The lowest BCUT2D eigenvalue weighted by atomic mass is 9.87. The molecule has 4 heterocycles. The van der Waals surface area contributed by atoms with Gasteiger partial charge in [0.1, 0.15) is 28.3 Å². The van der Waals surface area contributed by atoms with E-state index >= 15 is 0 Å². The number of hydrogen-bond donors (Lipinski definition) is 0. The van der Waals surface area contributed by atoms with E-state index in [0.717, 1.165) is 133 Å². The molecule has 0 radical (unpaired) electrons. The Morgan fingerprint density at radius 3 is 1.75 bits per heavy atom. The molecule has 15 rings (SSSR count). The van der Waals surface area contributed by atoms with E-state index in [2.05, 4.69) is 236 Å². The SMILES string of the molecule is C=CCC(C=C)c1cc(-c2nc(-c3ccc4c(c3)oc3ccccc34)nc(C3C=Cc4c(oc5ccccc45)C3)n2)cc(-c2ccccc2)c1-n1c2ccc(-c3ccccc3)cc2c2cc(-c3ccccc3)cc(-c3ccccc3)c21. The Morgan fingerprint density at radius 2 is 1.05 bits per heavy atom. The first-order valence-electron chi connectivity index (χ1n) is 27.7. The van der Waals surface area contributed by atoms with Crippen LogP contribution in [-0.2, 0) is 6.42 Å². The first kappa shape index (κ1) is 47.8. The average Bonchev–Trinajstić information content (AvgIpc) is 4.42. The second kappa shape index (κ2) is 19.8. The topological polar surface area (TPSA) is 69.9 Å². The molecule has 0 amide bonds. The Bertz CT molecular complexity index is 4800. The summed E-state index contributed by atoms with van der Waals surface area (Å²) in [4.78, 5) is 16.3. The van der Waals surface area contributed by atoms with Gasteiger partial charge in [-0.3, -0.25) is 0 Å². The summed E-state index contributed by atoms with van der Waals surface area (Å²) in [5.74, 6) is 2.32. The zero-order chi connectivity index (χ0) is 54.0. The molecule has 0 bridgehead atoms. The van der Waals surface area contributed by atoms with Crippen molar-refractivity contribution in [2.24, 2.45) is 0 Å². The number of furan rings is 2. The Balaban J connectivity index is 1.02. The van der Waals surface area contributed by atoms with Gasteiger partial charge in [-0.1, -0.05) is 194 Å². The number of benzene rings is 10. The number of allylic oxidation sites excluding steroid dienone is 3. The zero-order valence-corrected chi connectivity index (χ0v) is 44.3. The fourth-order valence-electron chi connectivity index (χ4n) is 12.3. The molecule has 2 atom stereocenters. The van der Waals surface area contributed by atoms with Crippen molar-refractivity contribution in [2.45, 2.75) is 24.7 Å². The molecule has 0 spiro atoms. The standard InChI is InChI=1S/C75H52N4O2/c1-3-21-47(4-2)61-43-56(75-77-73(53-34-37-59-57-30-17-19-32-67(57)80-69(59)45-53)76-74(78-75)54-35-38-60-58-31-18-20-33-68(58)81-70(60)46-54)44-63(51-28-15-8-16-29-51)71(61)79-66-39-36-52(48-22-9-5-10-23-48)40-64(66)65-42-55(49-24-11-6-12-25-49)41-62(72(65)79)50-26-13-7-14-27-50/h3-20,22-45,47,54H,1-2,21,46H2. The largest absolute Gasteiger partial charge is 0.460 e. The first-order valence-corrected chi connectivity index (χ1v) is 27.7. The van der Waals surface area contributed by atoms with E-state index in [4.69, 9.17) is 23.8 Å². The highest BCUT2D eigenvalue weighted by molar-refractivity contribution is 6.17. The van der Waals surface area contributed by atoms with Gasteiger partial charge in [-0.25, -0.2) is 15.0 Å². The van der Waals surface area contributed by atoms with Crippen molar-refractivity contribution in [3.8, 4) is 73.0 Å². The number of fused-ring (bicyclic) bond motifs is 9. The van der Waals surface area contributed by atoms with E-state index in [1.807, 2.05) is 36.4 Å². The smallest absolute Gasteiger partial charge is 0.163 e. The second-order valence-electron chi connectivity index (χ2n) is 21.0. The molecule has 81 heavy (non-hydrogen) atoms. The van der Waals surface area contributed by atoms with Crippen LogP contribution in [0.3, 0.4) is 0 Å². The van der Waals surface area contributed by atoms with Gasteiger partial charge in [0.2, 0.25) is 0 Å². The van der Waals surface area contributed by atoms with Gasteiger partial charge in [-0.05, 0) is 106 Å². The molecule has 384 valence electrons. The summed E-state index contributed by atoms with van der Waals surface area (Å²) in [6.45, 7) is 8.87. The molecular weight excluding hydrogens is 989 g/mol. The minimum absolute atomic E-state index is 0.163. The molecule has 2 unspecified atom stereocenters. The third-order valence-electron chi connectivity index (χ3n) is 16.2. The lowest BCUT2D eigenvalue weighted by molar-refractivity contribution is 0.527. The van der Waals surface area contributed by atoms with E-state index in [1.165, 1.54) is 0 Å². The van der Waals surface area contributed by atoms with E-state index in [1.54, 1.807) is 0 Å². The van der Waals surface area contributed by atoms with Crippen LogP contribution < -0.4 is 0 Å². The van der Waals surface area contributed by atoms with Crippen LogP contribution in [0.15, 0.2) is 271 Å².